The van der Waals surface area contributed by atoms with Gasteiger partial charge in [0.05, 0.1) is 11.4 Å². The number of sulfonamides is 1. The van der Waals surface area contributed by atoms with Crippen molar-refractivity contribution < 1.29 is 17.2 Å². The summed E-state index contributed by atoms with van der Waals surface area (Å²) >= 11 is 0. The SMILES string of the molecule is O=S(=O)(c1cccc(F)c1)N1CCN(Cc2nc3ccccc3o2)CC1. The fourth-order valence-corrected chi connectivity index (χ4v) is 4.54. The summed E-state index contributed by atoms with van der Waals surface area (Å²) in [6, 6.07) is 12.7. The van der Waals surface area contributed by atoms with Gasteiger partial charge in [-0.15, -0.1) is 0 Å². The Balaban J connectivity index is 1.42. The molecule has 1 aliphatic heterocycles. The van der Waals surface area contributed by atoms with Crippen LogP contribution < -0.4 is 0 Å². The number of aromatic nitrogens is 1. The molecule has 0 radical (unpaired) electrons. The zero-order chi connectivity index (χ0) is 18.1. The Kier molecular flexibility index (Phi) is 4.47. The maximum absolute atomic E-state index is 13.3. The Bertz CT molecular complexity index is 994. The first-order chi connectivity index (χ1) is 12.5. The van der Waals surface area contributed by atoms with Crippen molar-refractivity contribution in [3.05, 3.63) is 60.2 Å². The lowest BCUT2D eigenvalue weighted by Gasteiger charge is -2.33. The van der Waals surface area contributed by atoms with Crippen molar-refractivity contribution in [2.45, 2.75) is 11.4 Å². The Hall–Kier alpha value is -2.29. The van der Waals surface area contributed by atoms with Gasteiger partial charge >= 0.3 is 0 Å². The lowest BCUT2D eigenvalue weighted by Crippen LogP contribution is -2.48. The molecular formula is C18H18FN3O3S. The van der Waals surface area contributed by atoms with Crippen LogP contribution in [0.1, 0.15) is 5.89 Å². The third-order valence-electron chi connectivity index (χ3n) is 4.46. The Morgan fingerprint density at radius 1 is 1.04 bits per heavy atom. The van der Waals surface area contributed by atoms with Crippen molar-refractivity contribution in [1.29, 1.82) is 0 Å². The highest BCUT2D eigenvalue weighted by Gasteiger charge is 2.29. The van der Waals surface area contributed by atoms with E-state index >= 15 is 0 Å². The van der Waals surface area contributed by atoms with Crippen LogP contribution in [-0.2, 0) is 16.6 Å². The number of fused-ring (bicyclic) bond motifs is 1. The van der Waals surface area contributed by atoms with Crippen molar-refractivity contribution in [2.24, 2.45) is 0 Å². The van der Waals surface area contributed by atoms with Gasteiger partial charge in [0, 0.05) is 26.2 Å². The van der Waals surface area contributed by atoms with Crippen LogP contribution in [0.2, 0.25) is 0 Å². The number of oxazole rings is 1. The van der Waals surface area contributed by atoms with E-state index in [0.29, 0.717) is 38.6 Å². The van der Waals surface area contributed by atoms with Crippen LogP contribution in [0.4, 0.5) is 4.39 Å². The molecule has 2 aromatic carbocycles. The Labute approximate surface area is 150 Å². The summed E-state index contributed by atoms with van der Waals surface area (Å²) in [6.45, 7) is 2.35. The van der Waals surface area contributed by atoms with Crippen LogP contribution in [-0.4, -0.2) is 48.8 Å². The minimum atomic E-state index is -3.67. The molecule has 0 saturated carbocycles. The first-order valence-electron chi connectivity index (χ1n) is 8.35. The monoisotopic (exact) mass is 375 g/mol. The quantitative estimate of drug-likeness (QED) is 0.701. The minimum Gasteiger partial charge on any atom is -0.439 e. The normalized spacial score (nSPS) is 17.0. The Morgan fingerprint density at radius 2 is 1.81 bits per heavy atom. The molecule has 3 aromatic rings. The van der Waals surface area contributed by atoms with Crippen molar-refractivity contribution in [3.8, 4) is 0 Å². The number of nitrogens with zero attached hydrogens (tertiary/aromatic N) is 3. The van der Waals surface area contributed by atoms with E-state index in [1.807, 2.05) is 24.3 Å². The molecule has 1 saturated heterocycles. The van der Waals surface area contributed by atoms with Crippen molar-refractivity contribution in [2.75, 3.05) is 26.2 Å². The number of hydrogen-bond donors (Lipinski definition) is 0. The second kappa shape index (κ2) is 6.79. The van der Waals surface area contributed by atoms with Crippen LogP contribution in [0.15, 0.2) is 57.8 Å². The van der Waals surface area contributed by atoms with Gasteiger partial charge < -0.3 is 4.42 Å². The molecule has 0 bridgehead atoms. The number of piperazine rings is 1. The van der Waals surface area contributed by atoms with Gasteiger partial charge in [-0.3, -0.25) is 4.90 Å². The van der Waals surface area contributed by atoms with Crippen LogP contribution in [0.5, 0.6) is 0 Å². The average Bonchev–Trinajstić information content (AvgIpc) is 3.04. The largest absolute Gasteiger partial charge is 0.439 e. The standard InChI is InChI=1S/C18H18FN3O3S/c19-14-4-3-5-15(12-14)26(23,24)22-10-8-21(9-11-22)13-18-20-16-6-1-2-7-17(16)25-18/h1-7,12H,8-11,13H2. The van der Waals surface area contributed by atoms with Crippen LogP contribution in [0.3, 0.4) is 0 Å². The maximum Gasteiger partial charge on any atom is 0.243 e. The van der Waals surface area contributed by atoms with E-state index in [0.717, 1.165) is 17.2 Å². The summed E-state index contributed by atoms with van der Waals surface area (Å²) < 4.78 is 45.7. The highest BCUT2D eigenvalue weighted by molar-refractivity contribution is 7.89. The summed E-state index contributed by atoms with van der Waals surface area (Å²) in [5.41, 5.74) is 1.56. The first kappa shape index (κ1) is 17.1. The molecule has 4 rings (SSSR count). The molecule has 136 valence electrons. The van der Waals surface area contributed by atoms with Crippen molar-refractivity contribution >= 4 is 21.1 Å². The molecule has 1 aromatic heterocycles. The molecule has 6 nitrogen and oxygen atoms in total. The minimum absolute atomic E-state index is 0.00935. The predicted molar refractivity (Wildman–Crippen MR) is 94.4 cm³/mol. The zero-order valence-corrected chi connectivity index (χ0v) is 14.8. The molecule has 1 fully saturated rings. The van der Waals surface area contributed by atoms with E-state index in [-0.39, 0.29) is 4.90 Å². The summed E-state index contributed by atoms with van der Waals surface area (Å²) in [6.07, 6.45) is 0. The molecule has 0 spiro atoms. The summed E-state index contributed by atoms with van der Waals surface area (Å²) in [5, 5.41) is 0. The second-order valence-electron chi connectivity index (χ2n) is 6.21. The van der Waals surface area contributed by atoms with Gasteiger partial charge in [0.25, 0.3) is 0 Å². The second-order valence-corrected chi connectivity index (χ2v) is 8.15. The highest BCUT2D eigenvalue weighted by Crippen LogP contribution is 2.20. The number of benzene rings is 2. The van der Waals surface area contributed by atoms with E-state index in [9.17, 15) is 12.8 Å². The fraction of sp³-hybridized carbons (Fsp3) is 0.278. The lowest BCUT2D eigenvalue weighted by molar-refractivity contribution is 0.169. The zero-order valence-electron chi connectivity index (χ0n) is 14.0. The van der Waals surface area contributed by atoms with Gasteiger partial charge in [0.1, 0.15) is 11.3 Å². The molecule has 26 heavy (non-hydrogen) atoms. The summed E-state index contributed by atoms with van der Waals surface area (Å²) in [7, 11) is -3.67. The predicted octanol–water partition coefficient (Wildman–Crippen LogP) is 2.47. The number of hydrogen-bond acceptors (Lipinski definition) is 5. The molecule has 2 heterocycles. The van der Waals surface area contributed by atoms with Gasteiger partial charge in [0.15, 0.2) is 5.58 Å². The van der Waals surface area contributed by atoms with E-state index in [2.05, 4.69) is 9.88 Å². The molecule has 8 heteroatoms. The van der Waals surface area contributed by atoms with Crippen LogP contribution in [0, 0.1) is 5.82 Å². The molecular weight excluding hydrogens is 357 g/mol. The molecule has 0 unspecified atom stereocenters. The van der Waals surface area contributed by atoms with Crippen LogP contribution >= 0.6 is 0 Å². The first-order valence-corrected chi connectivity index (χ1v) is 9.79. The van der Waals surface area contributed by atoms with E-state index in [1.165, 1.54) is 22.5 Å². The van der Waals surface area contributed by atoms with E-state index < -0.39 is 15.8 Å². The lowest BCUT2D eigenvalue weighted by atomic mass is 10.3. The number of para-hydroxylation sites is 2. The third kappa shape index (κ3) is 3.35. The molecule has 0 N–H and O–H groups in total. The van der Waals surface area contributed by atoms with Crippen molar-refractivity contribution in [3.63, 3.8) is 0 Å². The average molecular weight is 375 g/mol. The molecule has 0 amide bonds. The number of halogens is 1. The molecule has 1 aliphatic rings. The van der Waals surface area contributed by atoms with E-state index in [1.54, 1.807) is 0 Å². The smallest absolute Gasteiger partial charge is 0.243 e. The Morgan fingerprint density at radius 3 is 2.54 bits per heavy atom. The van der Waals surface area contributed by atoms with Gasteiger partial charge in [0.2, 0.25) is 15.9 Å². The fourth-order valence-electron chi connectivity index (χ4n) is 3.08. The third-order valence-corrected chi connectivity index (χ3v) is 6.36. The van der Waals surface area contributed by atoms with Gasteiger partial charge in [-0.05, 0) is 30.3 Å². The topological polar surface area (TPSA) is 66.7 Å². The van der Waals surface area contributed by atoms with E-state index in [4.69, 9.17) is 4.42 Å². The summed E-state index contributed by atoms with van der Waals surface area (Å²) in [4.78, 5) is 6.54. The van der Waals surface area contributed by atoms with Crippen LogP contribution in [0.25, 0.3) is 11.1 Å². The summed E-state index contributed by atoms with van der Waals surface area (Å²) in [5.74, 6) is 0.0632. The molecule has 0 atom stereocenters. The van der Waals surface area contributed by atoms with Gasteiger partial charge in [-0.2, -0.15) is 4.31 Å². The maximum atomic E-state index is 13.3. The highest BCUT2D eigenvalue weighted by atomic mass is 32.2. The number of rotatable bonds is 4. The van der Waals surface area contributed by atoms with Crippen molar-refractivity contribution in [1.82, 2.24) is 14.2 Å². The van der Waals surface area contributed by atoms with Gasteiger partial charge in [-0.25, -0.2) is 17.8 Å². The molecule has 0 aliphatic carbocycles. The van der Waals surface area contributed by atoms with Gasteiger partial charge in [-0.1, -0.05) is 18.2 Å².